The summed E-state index contributed by atoms with van der Waals surface area (Å²) in [6, 6.07) is 0. The lowest BCUT2D eigenvalue weighted by molar-refractivity contribution is 1.22. The molecule has 0 aromatic carbocycles. The van der Waals surface area contributed by atoms with Crippen molar-refractivity contribution in [2.24, 2.45) is 0 Å². The molecular weight excluding hydrogens is 131 g/mol. The Labute approximate surface area is 54.1 Å². The molecule has 0 saturated heterocycles. The molecule has 0 aliphatic heterocycles. The summed E-state index contributed by atoms with van der Waals surface area (Å²) < 4.78 is 0. The van der Waals surface area contributed by atoms with Crippen molar-refractivity contribution < 1.29 is 0 Å². The topological polar surface area (TPSA) is 0 Å². The minimum absolute atomic E-state index is 0.110. The molecule has 7 heavy (non-hydrogen) atoms. The van der Waals surface area contributed by atoms with Gasteiger partial charge < -0.3 is 0 Å². The molecule has 0 aromatic rings. The van der Waals surface area contributed by atoms with Gasteiger partial charge >= 0.3 is 0 Å². The van der Waals surface area contributed by atoms with E-state index in [0.29, 0.717) is 5.88 Å². The Kier molecular flexibility index (Phi) is 4.68. The highest BCUT2D eigenvalue weighted by Gasteiger charge is 1.81. The molecule has 42 valence electrons. The van der Waals surface area contributed by atoms with Gasteiger partial charge in [0.1, 0.15) is 0 Å². The van der Waals surface area contributed by atoms with Crippen LogP contribution >= 0.6 is 23.2 Å². The zero-order valence-electron chi connectivity index (χ0n) is 4.20. The molecule has 0 rings (SSSR count). The van der Waals surface area contributed by atoms with Crippen LogP contribution in [-0.4, -0.2) is 11.3 Å². The number of hydrogen-bond donors (Lipinski definition) is 0. The van der Waals surface area contributed by atoms with Crippen LogP contribution in [0.25, 0.3) is 0 Å². The number of halogens is 2. The van der Waals surface area contributed by atoms with Crippen LogP contribution in [-0.2, 0) is 0 Å². The summed E-state index contributed by atoms with van der Waals surface area (Å²) >= 11 is 10.8. The average Bonchev–Trinajstić information content (AvgIpc) is 1.61. The molecule has 0 N–H and O–H groups in total. The zero-order valence-corrected chi connectivity index (χ0v) is 5.71. The van der Waals surface area contributed by atoms with Crippen LogP contribution in [0.5, 0.6) is 0 Å². The fraction of sp³-hybridized carbons (Fsp3) is 0.600. The SMILES string of the molecule is C[C@@H](Cl)/C=C/CCl. The Balaban J connectivity index is 3.08. The third-order valence-corrected chi connectivity index (χ3v) is 0.814. The van der Waals surface area contributed by atoms with Gasteiger partial charge in [0.05, 0.1) is 0 Å². The second-order valence-electron chi connectivity index (χ2n) is 1.26. The number of alkyl halides is 2. The van der Waals surface area contributed by atoms with Crippen LogP contribution in [0.1, 0.15) is 6.92 Å². The van der Waals surface area contributed by atoms with Crippen LogP contribution < -0.4 is 0 Å². The van der Waals surface area contributed by atoms with E-state index in [1.165, 1.54) is 0 Å². The highest BCUT2D eigenvalue weighted by molar-refractivity contribution is 6.22. The number of allylic oxidation sites excluding steroid dienone is 2. The van der Waals surface area contributed by atoms with Crippen LogP contribution in [0.2, 0.25) is 0 Å². The van der Waals surface area contributed by atoms with E-state index in [0.717, 1.165) is 0 Å². The summed E-state index contributed by atoms with van der Waals surface area (Å²) in [6.45, 7) is 1.89. The smallest absolute Gasteiger partial charge is 0.0488 e. The van der Waals surface area contributed by atoms with Gasteiger partial charge in [-0.1, -0.05) is 12.2 Å². The van der Waals surface area contributed by atoms with Crippen molar-refractivity contribution in [3.8, 4) is 0 Å². The van der Waals surface area contributed by atoms with Crippen molar-refractivity contribution in [1.82, 2.24) is 0 Å². The first-order valence-electron chi connectivity index (χ1n) is 2.14. The monoisotopic (exact) mass is 138 g/mol. The highest BCUT2D eigenvalue weighted by Crippen LogP contribution is 1.94. The van der Waals surface area contributed by atoms with Gasteiger partial charge in [-0.25, -0.2) is 0 Å². The van der Waals surface area contributed by atoms with Gasteiger partial charge in [-0.3, -0.25) is 0 Å². The molecule has 2 heteroatoms. The molecule has 0 aromatic heterocycles. The summed E-state index contributed by atoms with van der Waals surface area (Å²) in [7, 11) is 0. The van der Waals surface area contributed by atoms with Crippen molar-refractivity contribution in [3.63, 3.8) is 0 Å². The summed E-state index contributed by atoms with van der Waals surface area (Å²) in [6.07, 6.45) is 3.69. The Morgan fingerprint density at radius 1 is 1.71 bits per heavy atom. The maximum absolute atomic E-state index is 5.51. The summed E-state index contributed by atoms with van der Waals surface area (Å²) in [5.74, 6) is 0.553. The van der Waals surface area contributed by atoms with Crippen molar-refractivity contribution in [3.05, 3.63) is 12.2 Å². The molecular formula is C5H8Cl2. The van der Waals surface area contributed by atoms with Gasteiger partial charge in [0, 0.05) is 11.3 Å². The maximum Gasteiger partial charge on any atom is 0.0488 e. The van der Waals surface area contributed by atoms with E-state index in [9.17, 15) is 0 Å². The summed E-state index contributed by atoms with van der Waals surface area (Å²) in [4.78, 5) is 0. The van der Waals surface area contributed by atoms with Crippen LogP contribution in [0.4, 0.5) is 0 Å². The van der Waals surface area contributed by atoms with E-state index in [1.807, 2.05) is 19.1 Å². The van der Waals surface area contributed by atoms with Gasteiger partial charge in [0.2, 0.25) is 0 Å². The molecule has 0 aliphatic rings. The second-order valence-corrected chi connectivity index (χ2v) is 2.26. The largest absolute Gasteiger partial charge is 0.122 e. The normalized spacial score (nSPS) is 15.3. The van der Waals surface area contributed by atoms with Crippen LogP contribution in [0, 0.1) is 0 Å². The molecule has 0 aliphatic carbocycles. The average molecular weight is 139 g/mol. The first kappa shape index (κ1) is 7.32. The van der Waals surface area contributed by atoms with Gasteiger partial charge in [-0.2, -0.15) is 0 Å². The molecule has 0 bridgehead atoms. The molecule has 0 spiro atoms. The predicted molar refractivity (Wildman–Crippen MR) is 35.2 cm³/mol. The van der Waals surface area contributed by atoms with Crippen molar-refractivity contribution in [1.29, 1.82) is 0 Å². The maximum atomic E-state index is 5.51. The van der Waals surface area contributed by atoms with E-state index in [2.05, 4.69) is 0 Å². The Morgan fingerprint density at radius 2 is 2.29 bits per heavy atom. The van der Waals surface area contributed by atoms with E-state index in [1.54, 1.807) is 0 Å². The Bertz CT molecular complexity index is 57.1. The molecule has 0 heterocycles. The lowest BCUT2D eigenvalue weighted by Gasteiger charge is -1.85. The van der Waals surface area contributed by atoms with Gasteiger partial charge in [-0.15, -0.1) is 23.2 Å². The second kappa shape index (κ2) is 4.48. The first-order chi connectivity index (χ1) is 3.27. The van der Waals surface area contributed by atoms with E-state index in [-0.39, 0.29) is 5.38 Å². The fourth-order valence-electron chi connectivity index (χ4n) is 0.239. The van der Waals surface area contributed by atoms with Crippen LogP contribution in [0.3, 0.4) is 0 Å². The molecule has 0 nitrogen and oxygen atoms in total. The number of rotatable bonds is 2. The van der Waals surface area contributed by atoms with Crippen molar-refractivity contribution >= 4 is 23.2 Å². The molecule has 0 fully saturated rings. The van der Waals surface area contributed by atoms with Gasteiger partial charge in [-0.05, 0) is 6.92 Å². The molecule has 0 radical (unpaired) electrons. The van der Waals surface area contributed by atoms with Gasteiger partial charge in [0.25, 0.3) is 0 Å². The zero-order chi connectivity index (χ0) is 5.70. The predicted octanol–water partition coefficient (Wildman–Crippen LogP) is 2.41. The minimum Gasteiger partial charge on any atom is -0.122 e. The lowest BCUT2D eigenvalue weighted by Crippen LogP contribution is -1.79. The Morgan fingerprint density at radius 3 is 2.43 bits per heavy atom. The quantitative estimate of drug-likeness (QED) is 0.407. The van der Waals surface area contributed by atoms with Crippen LogP contribution in [0.15, 0.2) is 12.2 Å². The summed E-state index contributed by atoms with van der Waals surface area (Å²) in [5, 5.41) is 0.110. The lowest BCUT2D eigenvalue weighted by atomic mass is 10.4. The molecule has 0 amide bonds. The number of hydrogen-bond acceptors (Lipinski definition) is 0. The van der Waals surface area contributed by atoms with Crippen molar-refractivity contribution in [2.45, 2.75) is 12.3 Å². The van der Waals surface area contributed by atoms with Gasteiger partial charge in [0.15, 0.2) is 0 Å². The summed E-state index contributed by atoms with van der Waals surface area (Å²) in [5.41, 5.74) is 0. The molecule has 0 saturated carbocycles. The third-order valence-electron chi connectivity index (χ3n) is 0.490. The van der Waals surface area contributed by atoms with Crippen molar-refractivity contribution in [2.75, 3.05) is 5.88 Å². The minimum atomic E-state index is 0.110. The first-order valence-corrected chi connectivity index (χ1v) is 3.11. The fourth-order valence-corrected chi connectivity index (χ4v) is 0.445. The van der Waals surface area contributed by atoms with E-state index in [4.69, 9.17) is 23.2 Å². The van der Waals surface area contributed by atoms with E-state index >= 15 is 0 Å². The standard InChI is InChI=1S/C5H8Cl2/c1-5(7)3-2-4-6/h2-3,5H,4H2,1H3/b3-2+/t5-/m1/s1. The third kappa shape index (κ3) is 6.32. The molecule has 0 unspecified atom stereocenters. The molecule has 1 atom stereocenters. The van der Waals surface area contributed by atoms with E-state index < -0.39 is 0 Å². The Hall–Kier alpha value is 0.320. The highest BCUT2D eigenvalue weighted by atomic mass is 35.5.